The Balaban J connectivity index is 2.40. The number of hydrogen-bond acceptors (Lipinski definition) is 4. The van der Waals surface area contributed by atoms with Gasteiger partial charge < -0.3 is 0 Å². The largest absolute Gasteiger partial charge is 0.238 e. The van der Waals surface area contributed by atoms with Crippen LogP contribution in [0.5, 0.6) is 0 Å². The van der Waals surface area contributed by atoms with Crippen molar-refractivity contribution in [3.05, 3.63) is 26.2 Å². The van der Waals surface area contributed by atoms with E-state index in [2.05, 4.69) is 37.8 Å². The molecule has 0 saturated carbocycles. The molecule has 6 heteroatoms. The van der Waals surface area contributed by atoms with Crippen LogP contribution in [0.15, 0.2) is 16.0 Å². The van der Waals surface area contributed by atoms with E-state index in [9.17, 15) is 0 Å². The van der Waals surface area contributed by atoms with E-state index >= 15 is 0 Å². The number of rotatable bonds is 2. The van der Waals surface area contributed by atoms with E-state index in [0.717, 1.165) is 17.1 Å². The first-order chi connectivity index (χ1) is 7.20. The van der Waals surface area contributed by atoms with Crippen LogP contribution >= 0.6 is 38.9 Å². The van der Waals surface area contributed by atoms with Crippen LogP contribution in [0.25, 0.3) is 11.5 Å². The molecular formula is C9H7BrClN3S. The Hall–Kier alpha value is -0.520. The molecule has 2 aromatic heterocycles. The minimum absolute atomic E-state index is 0.408. The molecule has 3 nitrogen and oxygen atoms in total. The lowest BCUT2D eigenvalue weighted by Crippen LogP contribution is -1.90. The molecule has 0 aliphatic rings. The zero-order valence-electron chi connectivity index (χ0n) is 7.87. The van der Waals surface area contributed by atoms with E-state index in [1.807, 2.05) is 5.38 Å². The maximum absolute atomic E-state index is 5.88. The first-order valence-corrected chi connectivity index (χ1v) is 6.38. The summed E-state index contributed by atoms with van der Waals surface area (Å²) in [5.74, 6) is 0.569. The standard InChI is InChI=1S/C9H7BrClN3S/c1-2-7-13-6(4-15-7)9-12-3-5(10)8(11)14-9/h3-4H,2H2,1H3. The third kappa shape index (κ3) is 2.35. The van der Waals surface area contributed by atoms with Gasteiger partial charge in [-0.25, -0.2) is 15.0 Å². The molecule has 2 heterocycles. The van der Waals surface area contributed by atoms with Gasteiger partial charge in [-0.2, -0.15) is 0 Å². The van der Waals surface area contributed by atoms with Gasteiger partial charge in [-0.3, -0.25) is 0 Å². The summed E-state index contributed by atoms with van der Waals surface area (Å²) in [5, 5.41) is 3.43. The number of aromatic nitrogens is 3. The molecule has 2 rings (SSSR count). The van der Waals surface area contributed by atoms with Crippen LogP contribution in [0.2, 0.25) is 5.15 Å². The molecule has 78 valence electrons. The fourth-order valence-electron chi connectivity index (χ4n) is 1.05. The highest BCUT2D eigenvalue weighted by atomic mass is 79.9. The van der Waals surface area contributed by atoms with Crippen molar-refractivity contribution in [2.24, 2.45) is 0 Å². The molecule has 0 saturated heterocycles. The van der Waals surface area contributed by atoms with Crippen molar-refractivity contribution in [1.82, 2.24) is 15.0 Å². The molecule has 15 heavy (non-hydrogen) atoms. The van der Waals surface area contributed by atoms with E-state index in [-0.39, 0.29) is 0 Å². The van der Waals surface area contributed by atoms with Crippen LogP contribution in [0.1, 0.15) is 11.9 Å². The summed E-state index contributed by atoms with van der Waals surface area (Å²) in [6.45, 7) is 2.07. The molecule has 2 aromatic rings. The number of thiazole rings is 1. The van der Waals surface area contributed by atoms with Crippen molar-refractivity contribution in [2.45, 2.75) is 13.3 Å². The quantitative estimate of drug-likeness (QED) is 0.796. The van der Waals surface area contributed by atoms with Gasteiger partial charge in [-0.15, -0.1) is 11.3 Å². The summed E-state index contributed by atoms with van der Waals surface area (Å²) in [6.07, 6.45) is 2.56. The highest BCUT2D eigenvalue weighted by molar-refractivity contribution is 9.10. The highest BCUT2D eigenvalue weighted by Gasteiger charge is 2.08. The molecular weight excluding hydrogens is 298 g/mol. The second-order valence-corrected chi connectivity index (χ2v) is 4.97. The van der Waals surface area contributed by atoms with Crippen LogP contribution in [-0.2, 0) is 6.42 Å². The van der Waals surface area contributed by atoms with Crippen molar-refractivity contribution in [2.75, 3.05) is 0 Å². The third-order valence-corrected chi connectivity index (χ3v) is 3.87. The van der Waals surface area contributed by atoms with Crippen LogP contribution in [0.4, 0.5) is 0 Å². The van der Waals surface area contributed by atoms with E-state index in [1.54, 1.807) is 17.5 Å². The van der Waals surface area contributed by atoms with E-state index in [1.165, 1.54) is 0 Å². The predicted molar refractivity (Wildman–Crippen MR) is 65.2 cm³/mol. The molecule has 0 amide bonds. The smallest absolute Gasteiger partial charge is 0.180 e. The van der Waals surface area contributed by atoms with Crippen LogP contribution in [0.3, 0.4) is 0 Å². The molecule has 0 N–H and O–H groups in total. The van der Waals surface area contributed by atoms with Gasteiger partial charge in [0, 0.05) is 11.6 Å². The topological polar surface area (TPSA) is 38.7 Å². The van der Waals surface area contributed by atoms with Crippen LogP contribution < -0.4 is 0 Å². The molecule has 0 spiro atoms. The third-order valence-electron chi connectivity index (χ3n) is 1.78. The normalized spacial score (nSPS) is 10.6. The second kappa shape index (κ2) is 4.55. The molecule has 0 radical (unpaired) electrons. The average Bonchev–Trinajstić information content (AvgIpc) is 2.70. The van der Waals surface area contributed by atoms with Gasteiger partial charge in [0.2, 0.25) is 0 Å². The molecule has 0 bridgehead atoms. The van der Waals surface area contributed by atoms with Gasteiger partial charge in [-0.05, 0) is 22.4 Å². The van der Waals surface area contributed by atoms with Gasteiger partial charge in [0.15, 0.2) is 5.82 Å². The minimum Gasteiger partial charge on any atom is -0.238 e. The second-order valence-electron chi connectivity index (χ2n) is 2.81. The van der Waals surface area contributed by atoms with Crippen molar-refractivity contribution in [3.8, 4) is 11.5 Å². The maximum atomic E-state index is 5.88. The molecule has 0 aliphatic heterocycles. The van der Waals surface area contributed by atoms with Gasteiger partial charge in [0.05, 0.1) is 9.48 Å². The Morgan fingerprint density at radius 2 is 2.27 bits per heavy atom. The lowest BCUT2D eigenvalue weighted by atomic mass is 10.4. The zero-order valence-corrected chi connectivity index (χ0v) is 11.0. The van der Waals surface area contributed by atoms with Gasteiger partial charge >= 0.3 is 0 Å². The number of aryl methyl sites for hydroxylation is 1. The molecule has 0 unspecified atom stereocenters. The Morgan fingerprint density at radius 3 is 2.87 bits per heavy atom. The van der Waals surface area contributed by atoms with Gasteiger partial charge in [-0.1, -0.05) is 18.5 Å². The van der Waals surface area contributed by atoms with Crippen LogP contribution in [0, 0.1) is 0 Å². The van der Waals surface area contributed by atoms with Crippen LogP contribution in [-0.4, -0.2) is 15.0 Å². The summed E-state index contributed by atoms with van der Waals surface area (Å²) in [6, 6.07) is 0. The Labute approximate surface area is 105 Å². The number of halogens is 2. The van der Waals surface area contributed by atoms with E-state index in [0.29, 0.717) is 15.5 Å². The summed E-state index contributed by atoms with van der Waals surface area (Å²) in [4.78, 5) is 12.7. The molecule has 0 atom stereocenters. The minimum atomic E-state index is 0.408. The average molecular weight is 305 g/mol. The summed E-state index contributed by atoms with van der Waals surface area (Å²) in [7, 11) is 0. The lowest BCUT2D eigenvalue weighted by molar-refractivity contribution is 1.07. The monoisotopic (exact) mass is 303 g/mol. The summed E-state index contributed by atoms with van der Waals surface area (Å²) < 4.78 is 0.693. The van der Waals surface area contributed by atoms with Crippen molar-refractivity contribution in [1.29, 1.82) is 0 Å². The number of hydrogen-bond donors (Lipinski definition) is 0. The summed E-state index contributed by atoms with van der Waals surface area (Å²) in [5.41, 5.74) is 0.784. The highest BCUT2D eigenvalue weighted by Crippen LogP contribution is 2.24. The van der Waals surface area contributed by atoms with Gasteiger partial charge in [0.1, 0.15) is 10.8 Å². The fraction of sp³-hybridized carbons (Fsp3) is 0.222. The molecule has 0 fully saturated rings. The van der Waals surface area contributed by atoms with Crippen molar-refractivity contribution < 1.29 is 0 Å². The predicted octanol–water partition coefficient (Wildman–Crippen LogP) is 3.58. The fourth-order valence-corrected chi connectivity index (χ4v) is 2.09. The lowest BCUT2D eigenvalue weighted by Gasteiger charge is -1.97. The SMILES string of the molecule is CCc1nc(-c2ncc(Br)c(Cl)n2)cs1. The van der Waals surface area contributed by atoms with E-state index < -0.39 is 0 Å². The molecule has 0 aromatic carbocycles. The molecule has 0 aliphatic carbocycles. The number of nitrogens with zero attached hydrogens (tertiary/aromatic N) is 3. The zero-order chi connectivity index (χ0) is 10.8. The first kappa shape index (κ1) is 11.0. The van der Waals surface area contributed by atoms with E-state index in [4.69, 9.17) is 11.6 Å². The van der Waals surface area contributed by atoms with Crippen molar-refractivity contribution in [3.63, 3.8) is 0 Å². The van der Waals surface area contributed by atoms with Gasteiger partial charge in [0.25, 0.3) is 0 Å². The Kier molecular flexibility index (Phi) is 3.33. The Morgan fingerprint density at radius 1 is 1.47 bits per heavy atom. The first-order valence-electron chi connectivity index (χ1n) is 4.33. The Bertz CT molecular complexity index is 486. The van der Waals surface area contributed by atoms with Crippen molar-refractivity contribution >= 4 is 38.9 Å². The summed E-state index contributed by atoms with van der Waals surface area (Å²) >= 11 is 10.7. The maximum Gasteiger partial charge on any atom is 0.180 e.